The first kappa shape index (κ1) is 12.2. The monoisotopic (exact) mass is 307 g/mol. The van der Waals surface area contributed by atoms with E-state index >= 15 is 0 Å². The van der Waals surface area contributed by atoms with Gasteiger partial charge in [-0.2, -0.15) is 0 Å². The smallest absolute Gasteiger partial charge is 0.220 e. The van der Waals surface area contributed by atoms with Crippen LogP contribution in [-0.4, -0.2) is 11.4 Å². The van der Waals surface area contributed by atoms with Gasteiger partial charge in [0.05, 0.1) is 0 Å². The van der Waals surface area contributed by atoms with Gasteiger partial charge in [-0.05, 0) is 55.7 Å². The third kappa shape index (κ3) is 2.33. The maximum absolute atomic E-state index is 11.6. The van der Waals surface area contributed by atoms with E-state index in [2.05, 4.69) is 45.5 Å². The third-order valence-corrected chi connectivity index (χ3v) is 4.94. The Hall–Kier alpha value is -0.830. The molecule has 1 spiro atoms. The molecule has 96 valence electrons. The Balaban J connectivity index is 1.74. The van der Waals surface area contributed by atoms with Crippen LogP contribution in [0, 0.1) is 0 Å². The summed E-state index contributed by atoms with van der Waals surface area (Å²) in [5.41, 5.74) is 1.52. The molecule has 2 fully saturated rings. The maximum atomic E-state index is 11.6. The minimum atomic E-state index is 0.104. The normalized spacial score (nSPS) is 31.6. The van der Waals surface area contributed by atoms with Crippen LogP contribution in [-0.2, 0) is 4.79 Å². The van der Waals surface area contributed by atoms with Crippen molar-refractivity contribution in [1.82, 2.24) is 5.32 Å². The molecule has 0 bridgehead atoms. The predicted molar refractivity (Wildman–Crippen MR) is 75.5 cm³/mol. The predicted octanol–water partition coefficient (Wildman–Crippen LogP) is 3.76. The van der Waals surface area contributed by atoms with Crippen LogP contribution in [0.3, 0.4) is 0 Å². The molecule has 2 aliphatic rings. The molecule has 1 saturated carbocycles. The topological polar surface area (TPSA) is 29.1 Å². The highest BCUT2D eigenvalue weighted by atomic mass is 79.9. The summed E-state index contributed by atoms with van der Waals surface area (Å²) in [4.78, 5) is 11.6. The quantitative estimate of drug-likeness (QED) is 0.841. The third-order valence-electron chi connectivity index (χ3n) is 4.41. The van der Waals surface area contributed by atoms with Crippen LogP contribution in [0.1, 0.15) is 50.0 Å². The number of amides is 1. The highest BCUT2D eigenvalue weighted by molar-refractivity contribution is 9.10. The second kappa shape index (κ2) is 4.69. The van der Waals surface area contributed by atoms with Crippen LogP contribution in [0.15, 0.2) is 28.7 Å². The summed E-state index contributed by atoms with van der Waals surface area (Å²) in [6.45, 7) is 0. The Morgan fingerprint density at radius 3 is 2.72 bits per heavy atom. The molecule has 1 amide bonds. The van der Waals surface area contributed by atoms with Gasteiger partial charge in [0.1, 0.15) is 0 Å². The molecule has 2 nitrogen and oxygen atoms in total. The highest BCUT2D eigenvalue weighted by Crippen LogP contribution is 2.44. The molecule has 18 heavy (non-hydrogen) atoms. The van der Waals surface area contributed by atoms with E-state index in [0.717, 1.165) is 30.2 Å². The Morgan fingerprint density at radius 1 is 1.22 bits per heavy atom. The summed E-state index contributed by atoms with van der Waals surface area (Å²) in [7, 11) is 0. The van der Waals surface area contributed by atoms with Crippen molar-refractivity contribution in [3.8, 4) is 0 Å². The fraction of sp³-hybridized carbons (Fsp3) is 0.533. The van der Waals surface area contributed by atoms with E-state index in [1.54, 1.807) is 0 Å². The number of nitrogens with one attached hydrogen (secondary N) is 1. The first-order chi connectivity index (χ1) is 8.67. The van der Waals surface area contributed by atoms with Crippen LogP contribution in [0.4, 0.5) is 0 Å². The molecule has 1 heterocycles. The van der Waals surface area contributed by atoms with Crippen molar-refractivity contribution < 1.29 is 4.79 Å². The number of piperidine rings is 1. The second-order valence-electron chi connectivity index (χ2n) is 5.67. The number of hydrogen-bond donors (Lipinski definition) is 1. The SMILES string of the molecule is O=C1CCC[C@]2(CC[C@@H](c3ccc(Br)cc3)C2)N1. The molecule has 0 radical (unpaired) electrons. The summed E-state index contributed by atoms with van der Waals surface area (Å²) in [6, 6.07) is 8.64. The summed E-state index contributed by atoms with van der Waals surface area (Å²) in [6.07, 6.45) is 6.37. The number of carbonyl (C=O) groups is 1. The molecule has 3 rings (SSSR count). The van der Waals surface area contributed by atoms with Gasteiger partial charge in [0.2, 0.25) is 5.91 Å². The molecule has 1 saturated heterocycles. The highest BCUT2D eigenvalue weighted by Gasteiger charge is 2.42. The van der Waals surface area contributed by atoms with E-state index in [-0.39, 0.29) is 11.4 Å². The van der Waals surface area contributed by atoms with E-state index in [9.17, 15) is 4.79 Å². The van der Waals surface area contributed by atoms with Crippen molar-refractivity contribution in [2.24, 2.45) is 0 Å². The number of rotatable bonds is 1. The van der Waals surface area contributed by atoms with Crippen LogP contribution in [0.5, 0.6) is 0 Å². The largest absolute Gasteiger partial charge is 0.351 e. The lowest BCUT2D eigenvalue weighted by molar-refractivity contribution is -0.125. The van der Waals surface area contributed by atoms with Crippen molar-refractivity contribution >= 4 is 21.8 Å². The van der Waals surface area contributed by atoms with Crippen LogP contribution >= 0.6 is 15.9 Å². The number of halogens is 1. The molecule has 1 aromatic rings. The number of carbonyl (C=O) groups excluding carboxylic acids is 1. The standard InChI is InChI=1S/C15H18BrNO/c16-13-5-3-11(4-6-13)12-7-9-15(10-12)8-1-2-14(18)17-15/h3-6,12H,1-2,7-10H2,(H,17,18)/t12-,15-/m1/s1. The van der Waals surface area contributed by atoms with Gasteiger partial charge >= 0.3 is 0 Å². The summed E-state index contributed by atoms with van der Waals surface area (Å²) in [5.74, 6) is 0.856. The van der Waals surface area contributed by atoms with Crippen LogP contribution in [0.2, 0.25) is 0 Å². The fourth-order valence-corrected chi connectivity index (χ4v) is 3.76. The lowest BCUT2D eigenvalue weighted by Gasteiger charge is -2.34. The van der Waals surface area contributed by atoms with Gasteiger partial charge in [-0.3, -0.25) is 4.79 Å². The average molecular weight is 308 g/mol. The summed E-state index contributed by atoms with van der Waals surface area (Å²) >= 11 is 3.47. The molecule has 1 aliphatic heterocycles. The zero-order valence-electron chi connectivity index (χ0n) is 10.4. The minimum absolute atomic E-state index is 0.104. The maximum Gasteiger partial charge on any atom is 0.220 e. The fourth-order valence-electron chi connectivity index (χ4n) is 3.49. The summed E-state index contributed by atoms with van der Waals surface area (Å²) in [5, 5.41) is 3.25. The summed E-state index contributed by atoms with van der Waals surface area (Å²) < 4.78 is 1.13. The van der Waals surface area contributed by atoms with E-state index in [0.29, 0.717) is 12.3 Å². The van der Waals surface area contributed by atoms with Gasteiger partial charge in [0.15, 0.2) is 0 Å². The molecule has 1 aromatic carbocycles. The Bertz CT molecular complexity index is 456. The van der Waals surface area contributed by atoms with Gasteiger partial charge in [-0.25, -0.2) is 0 Å². The van der Waals surface area contributed by atoms with E-state index in [1.165, 1.54) is 12.0 Å². The molecular formula is C15H18BrNO. The van der Waals surface area contributed by atoms with Gasteiger partial charge in [0.25, 0.3) is 0 Å². The van der Waals surface area contributed by atoms with Crippen molar-refractivity contribution in [3.63, 3.8) is 0 Å². The number of benzene rings is 1. The molecule has 0 unspecified atom stereocenters. The molecule has 2 atom stereocenters. The van der Waals surface area contributed by atoms with Gasteiger partial charge < -0.3 is 5.32 Å². The minimum Gasteiger partial charge on any atom is -0.351 e. The zero-order valence-corrected chi connectivity index (χ0v) is 12.0. The Kier molecular flexibility index (Phi) is 3.18. The van der Waals surface area contributed by atoms with Crippen LogP contribution < -0.4 is 5.32 Å². The van der Waals surface area contributed by atoms with E-state index < -0.39 is 0 Å². The lowest BCUT2D eigenvalue weighted by atomic mass is 9.85. The van der Waals surface area contributed by atoms with Crippen LogP contribution in [0.25, 0.3) is 0 Å². The van der Waals surface area contributed by atoms with Gasteiger partial charge in [-0.1, -0.05) is 28.1 Å². The van der Waals surface area contributed by atoms with Gasteiger partial charge in [0, 0.05) is 16.4 Å². The Morgan fingerprint density at radius 2 is 2.00 bits per heavy atom. The average Bonchev–Trinajstić information content (AvgIpc) is 2.73. The number of hydrogen-bond acceptors (Lipinski definition) is 1. The first-order valence-corrected chi connectivity index (χ1v) is 7.53. The molecule has 1 N–H and O–H groups in total. The van der Waals surface area contributed by atoms with Crippen molar-refractivity contribution in [1.29, 1.82) is 0 Å². The zero-order chi connectivity index (χ0) is 12.6. The first-order valence-electron chi connectivity index (χ1n) is 6.73. The molecule has 3 heteroatoms. The molecular weight excluding hydrogens is 290 g/mol. The molecule has 0 aromatic heterocycles. The van der Waals surface area contributed by atoms with Crippen molar-refractivity contribution in [2.75, 3.05) is 0 Å². The Labute approximate surface area is 116 Å². The molecule has 1 aliphatic carbocycles. The lowest BCUT2D eigenvalue weighted by Crippen LogP contribution is -2.49. The second-order valence-corrected chi connectivity index (χ2v) is 6.59. The van der Waals surface area contributed by atoms with E-state index in [4.69, 9.17) is 0 Å². The van der Waals surface area contributed by atoms with Crippen molar-refractivity contribution in [2.45, 2.75) is 50.0 Å². The van der Waals surface area contributed by atoms with Crippen molar-refractivity contribution in [3.05, 3.63) is 34.3 Å². The van der Waals surface area contributed by atoms with E-state index in [1.807, 2.05) is 0 Å². The van der Waals surface area contributed by atoms with Gasteiger partial charge in [-0.15, -0.1) is 0 Å².